The van der Waals surface area contributed by atoms with Gasteiger partial charge in [-0.05, 0) is 37.5 Å². The van der Waals surface area contributed by atoms with Crippen molar-refractivity contribution in [2.75, 3.05) is 33.4 Å². The third kappa shape index (κ3) is 4.28. The summed E-state index contributed by atoms with van der Waals surface area (Å²) in [5.74, 6) is -0.103. The lowest BCUT2D eigenvalue weighted by atomic mass is 10.2. The fourth-order valence-corrected chi connectivity index (χ4v) is 3.53. The van der Waals surface area contributed by atoms with Crippen LogP contribution in [0.25, 0.3) is 0 Å². The number of benzene rings is 1. The largest absolute Gasteiger partial charge is 0.385 e. The van der Waals surface area contributed by atoms with E-state index in [1.54, 1.807) is 24.1 Å². The van der Waals surface area contributed by atoms with Crippen molar-refractivity contribution in [3.63, 3.8) is 0 Å². The molecule has 1 aliphatic rings. The Morgan fingerprint density at radius 3 is 2.73 bits per heavy atom. The van der Waals surface area contributed by atoms with Crippen molar-refractivity contribution in [1.82, 2.24) is 9.62 Å². The number of hydrogen-bond acceptors (Lipinski definition) is 4. The van der Waals surface area contributed by atoms with E-state index in [2.05, 4.69) is 4.72 Å². The first-order valence-electron chi connectivity index (χ1n) is 7.42. The summed E-state index contributed by atoms with van der Waals surface area (Å²) in [5.41, 5.74) is 0.418. The lowest BCUT2D eigenvalue weighted by molar-refractivity contribution is 0.0792. The van der Waals surface area contributed by atoms with Crippen molar-refractivity contribution >= 4 is 15.9 Å². The first kappa shape index (κ1) is 16.9. The van der Waals surface area contributed by atoms with E-state index in [0.717, 1.165) is 25.9 Å². The molecule has 1 amide bonds. The summed E-state index contributed by atoms with van der Waals surface area (Å²) in [7, 11) is -2.03. The number of amides is 1. The van der Waals surface area contributed by atoms with Crippen LogP contribution < -0.4 is 4.72 Å². The minimum atomic E-state index is -3.60. The van der Waals surface area contributed by atoms with Crippen molar-refractivity contribution in [3.05, 3.63) is 29.8 Å². The maximum absolute atomic E-state index is 12.3. The first-order chi connectivity index (χ1) is 10.5. The highest BCUT2D eigenvalue weighted by atomic mass is 32.2. The molecule has 122 valence electrons. The number of rotatable bonds is 7. The van der Waals surface area contributed by atoms with Gasteiger partial charge in [-0.2, -0.15) is 0 Å². The molecule has 1 N–H and O–H groups in total. The summed E-state index contributed by atoms with van der Waals surface area (Å²) >= 11 is 0. The first-order valence-corrected chi connectivity index (χ1v) is 8.91. The highest BCUT2D eigenvalue weighted by molar-refractivity contribution is 7.89. The average Bonchev–Trinajstić information content (AvgIpc) is 3.05. The Morgan fingerprint density at radius 2 is 2.05 bits per heavy atom. The van der Waals surface area contributed by atoms with Crippen LogP contribution in [0.3, 0.4) is 0 Å². The maximum Gasteiger partial charge on any atom is 0.253 e. The number of likely N-dealkylation sites (tertiary alicyclic amines) is 1. The van der Waals surface area contributed by atoms with E-state index in [-0.39, 0.29) is 10.8 Å². The van der Waals surface area contributed by atoms with Gasteiger partial charge in [-0.1, -0.05) is 6.07 Å². The van der Waals surface area contributed by atoms with E-state index in [0.29, 0.717) is 25.1 Å². The summed E-state index contributed by atoms with van der Waals surface area (Å²) in [4.78, 5) is 14.2. The van der Waals surface area contributed by atoms with Crippen molar-refractivity contribution in [2.24, 2.45) is 0 Å². The summed E-state index contributed by atoms with van der Waals surface area (Å²) < 4.78 is 31.8. The Balaban J connectivity index is 2.08. The van der Waals surface area contributed by atoms with Crippen molar-refractivity contribution < 1.29 is 17.9 Å². The van der Waals surface area contributed by atoms with Crippen molar-refractivity contribution in [1.29, 1.82) is 0 Å². The number of carbonyl (C=O) groups is 1. The second-order valence-electron chi connectivity index (χ2n) is 5.27. The Hall–Kier alpha value is -1.44. The molecule has 0 atom stereocenters. The summed E-state index contributed by atoms with van der Waals surface area (Å²) in [6.07, 6.45) is 2.61. The third-order valence-corrected chi connectivity index (χ3v) is 5.06. The molecular formula is C15H22N2O4S. The van der Waals surface area contributed by atoms with Crippen LogP contribution in [0.15, 0.2) is 29.2 Å². The van der Waals surface area contributed by atoms with Gasteiger partial charge in [-0.3, -0.25) is 4.79 Å². The van der Waals surface area contributed by atoms with E-state index in [9.17, 15) is 13.2 Å². The lowest BCUT2D eigenvalue weighted by Gasteiger charge is -2.15. The van der Waals surface area contributed by atoms with Gasteiger partial charge in [-0.25, -0.2) is 13.1 Å². The van der Waals surface area contributed by atoms with Crippen molar-refractivity contribution in [3.8, 4) is 0 Å². The number of nitrogens with one attached hydrogen (secondary N) is 1. The molecule has 0 aliphatic carbocycles. The Bertz CT molecular complexity index is 610. The van der Waals surface area contributed by atoms with Gasteiger partial charge in [0.25, 0.3) is 5.91 Å². The van der Waals surface area contributed by atoms with E-state index in [4.69, 9.17) is 4.74 Å². The highest BCUT2D eigenvalue weighted by Crippen LogP contribution is 2.16. The second kappa shape index (κ2) is 7.71. The number of sulfonamides is 1. The van der Waals surface area contributed by atoms with Gasteiger partial charge in [0, 0.05) is 38.9 Å². The molecule has 1 aromatic rings. The average molecular weight is 326 g/mol. The van der Waals surface area contributed by atoms with Crippen LogP contribution in [0.2, 0.25) is 0 Å². The molecule has 2 rings (SSSR count). The van der Waals surface area contributed by atoms with Crippen molar-refractivity contribution in [2.45, 2.75) is 24.2 Å². The van der Waals surface area contributed by atoms with Crippen LogP contribution in [0, 0.1) is 0 Å². The molecule has 0 saturated carbocycles. The van der Waals surface area contributed by atoms with E-state index in [1.165, 1.54) is 12.1 Å². The molecule has 1 saturated heterocycles. The number of methoxy groups -OCH3 is 1. The van der Waals surface area contributed by atoms with Gasteiger partial charge >= 0.3 is 0 Å². The van der Waals surface area contributed by atoms with Gasteiger partial charge in [0.15, 0.2) is 0 Å². The van der Waals surface area contributed by atoms with Gasteiger partial charge in [0.2, 0.25) is 10.0 Å². The van der Waals surface area contributed by atoms with Gasteiger partial charge in [0.1, 0.15) is 0 Å². The van der Waals surface area contributed by atoms with Gasteiger partial charge in [-0.15, -0.1) is 0 Å². The maximum atomic E-state index is 12.3. The number of ether oxygens (including phenoxy) is 1. The monoisotopic (exact) mass is 326 g/mol. The predicted molar refractivity (Wildman–Crippen MR) is 83.3 cm³/mol. The molecule has 0 unspecified atom stereocenters. The minimum absolute atomic E-state index is 0.103. The standard InChI is InChI=1S/C15H22N2O4S/c1-21-11-5-8-16-22(19,20)14-7-4-6-13(12-14)15(18)17-9-2-3-10-17/h4,6-7,12,16H,2-3,5,8-11H2,1H3. The molecule has 0 spiro atoms. The molecule has 0 radical (unpaired) electrons. The zero-order valence-corrected chi connectivity index (χ0v) is 13.6. The minimum Gasteiger partial charge on any atom is -0.385 e. The molecular weight excluding hydrogens is 304 g/mol. The Kier molecular flexibility index (Phi) is 5.93. The molecule has 1 aliphatic heterocycles. The molecule has 7 heteroatoms. The molecule has 1 fully saturated rings. The summed E-state index contributed by atoms with van der Waals surface area (Å²) in [5, 5.41) is 0. The number of carbonyl (C=O) groups excluding carboxylic acids is 1. The van der Waals surface area contributed by atoms with E-state index >= 15 is 0 Å². The number of nitrogens with zero attached hydrogens (tertiary/aromatic N) is 1. The van der Waals surface area contributed by atoms with Crippen LogP contribution in [-0.2, 0) is 14.8 Å². The van der Waals surface area contributed by atoms with E-state index < -0.39 is 10.0 Å². The third-order valence-electron chi connectivity index (χ3n) is 3.60. The van der Waals surface area contributed by atoms with Crippen LogP contribution in [-0.4, -0.2) is 52.6 Å². The zero-order valence-electron chi connectivity index (χ0n) is 12.7. The fraction of sp³-hybridized carbons (Fsp3) is 0.533. The topological polar surface area (TPSA) is 75.7 Å². The lowest BCUT2D eigenvalue weighted by Crippen LogP contribution is -2.28. The van der Waals surface area contributed by atoms with Crippen LogP contribution >= 0.6 is 0 Å². The molecule has 0 aromatic heterocycles. The predicted octanol–water partition coefficient (Wildman–Crippen LogP) is 1.24. The summed E-state index contributed by atoms with van der Waals surface area (Å²) in [6.45, 7) is 2.28. The van der Waals surface area contributed by atoms with E-state index in [1.807, 2.05) is 0 Å². The molecule has 22 heavy (non-hydrogen) atoms. The van der Waals surface area contributed by atoms with Crippen LogP contribution in [0.4, 0.5) is 0 Å². The van der Waals surface area contributed by atoms with Crippen LogP contribution in [0.5, 0.6) is 0 Å². The smallest absolute Gasteiger partial charge is 0.253 e. The van der Waals surface area contributed by atoms with Gasteiger partial charge < -0.3 is 9.64 Å². The van der Waals surface area contributed by atoms with Crippen LogP contribution in [0.1, 0.15) is 29.6 Å². The molecule has 1 aromatic carbocycles. The quantitative estimate of drug-likeness (QED) is 0.765. The Morgan fingerprint density at radius 1 is 1.32 bits per heavy atom. The summed E-state index contributed by atoms with van der Waals surface area (Å²) in [6, 6.07) is 6.20. The molecule has 0 bridgehead atoms. The second-order valence-corrected chi connectivity index (χ2v) is 7.04. The Labute approximate surface area is 131 Å². The van der Waals surface area contributed by atoms with Gasteiger partial charge in [0.05, 0.1) is 4.90 Å². The molecule has 1 heterocycles. The number of hydrogen-bond donors (Lipinski definition) is 1. The SMILES string of the molecule is COCCCNS(=O)(=O)c1cccc(C(=O)N2CCCC2)c1. The highest BCUT2D eigenvalue weighted by Gasteiger charge is 2.21. The molecule has 6 nitrogen and oxygen atoms in total. The zero-order chi connectivity index (χ0) is 16.0. The fourth-order valence-electron chi connectivity index (χ4n) is 2.41. The normalized spacial score (nSPS) is 15.2.